The van der Waals surface area contributed by atoms with Gasteiger partial charge in [0.25, 0.3) is 6.43 Å². The summed E-state index contributed by atoms with van der Waals surface area (Å²) in [7, 11) is 0. The summed E-state index contributed by atoms with van der Waals surface area (Å²) in [5, 5.41) is 3.93. The third kappa shape index (κ3) is 3.63. The summed E-state index contributed by atoms with van der Waals surface area (Å²) in [6, 6.07) is 2.44. The highest BCUT2D eigenvalue weighted by Gasteiger charge is 2.48. The van der Waals surface area contributed by atoms with Gasteiger partial charge in [0, 0.05) is 37.8 Å². The lowest BCUT2D eigenvalue weighted by molar-refractivity contribution is -0.137. The van der Waals surface area contributed by atoms with Gasteiger partial charge in [0.1, 0.15) is 23.7 Å². The quantitative estimate of drug-likeness (QED) is 0.582. The van der Waals surface area contributed by atoms with E-state index in [-0.39, 0.29) is 5.41 Å². The van der Waals surface area contributed by atoms with E-state index in [0.717, 1.165) is 29.9 Å². The maximum absolute atomic E-state index is 12.8. The van der Waals surface area contributed by atoms with Gasteiger partial charge >= 0.3 is 6.18 Å². The van der Waals surface area contributed by atoms with Crippen molar-refractivity contribution >= 4 is 22.8 Å². The molecule has 0 atom stereocenters. The molecule has 7 nitrogen and oxygen atoms in total. The second-order valence-corrected chi connectivity index (χ2v) is 8.09. The number of rotatable bonds is 4. The molecule has 2 aliphatic rings. The van der Waals surface area contributed by atoms with Gasteiger partial charge in [-0.25, -0.2) is 28.4 Å². The van der Waals surface area contributed by atoms with E-state index < -0.39 is 24.7 Å². The molecule has 3 aromatic rings. The van der Waals surface area contributed by atoms with E-state index in [1.54, 1.807) is 6.20 Å². The van der Waals surface area contributed by atoms with Crippen LogP contribution in [0, 0.1) is 5.41 Å². The number of nitrogens with zero attached hydrogens (tertiary/aromatic N) is 7. The molecule has 0 radical (unpaired) electrons. The van der Waals surface area contributed by atoms with Crippen molar-refractivity contribution in [3.8, 4) is 0 Å². The van der Waals surface area contributed by atoms with E-state index in [2.05, 4.69) is 25.0 Å². The zero-order valence-electron chi connectivity index (χ0n) is 16.2. The number of anilines is 2. The Morgan fingerprint density at radius 2 is 1.74 bits per heavy atom. The smallest absolute Gasteiger partial charge is 0.355 e. The number of aromatic nitrogens is 5. The summed E-state index contributed by atoms with van der Waals surface area (Å²) < 4.78 is 64.8. The molecule has 0 amide bonds. The summed E-state index contributed by atoms with van der Waals surface area (Å²) in [6.45, 7) is 2.26. The summed E-state index contributed by atoms with van der Waals surface area (Å²) in [5.74, 6) is 1.13. The molecule has 3 aromatic heterocycles. The largest absolute Gasteiger partial charge is 0.417 e. The summed E-state index contributed by atoms with van der Waals surface area (Å²) in [4.78, 5) is 16.8. The average molecular weight is 439 g/mol. The first-order valence-corrected chi connectivity index (χ1v) is 9.72. The molecule has 0 N–H and O–H groups in total. The molecule has 31 heavy (non-hydrogen) atoms. The molecule has 0 bridgehead atoms. The second-order valence-electron chi connectivity index (χ2n) is 8.09. The van der Waals surface area contributed by atoms with Crippen molar-refractivity contribution in [1.82, 2.24) is 24.7 Å². The van der Waals surface area contributed by atoms with Gasteiger partial charge in [-0.2, -0.15) is 18.3 Å². The molecule has 0 aromatic carbocycles. The highest BCUT2D eigenvalue weighted by Crippen LogP contribution is 2.42. The van der Waals surface area contributed by atoms with Crippen molar-refractivity contribution in [3.63, 3.8) is 0 Å². The third-order valence-corrected chi connectivity index (χ3v) is 5.86. The number of alkyl halides is 5. The van der Waals surface area contributed by atoms with Crippen molar-refractivity contribution < 1.29 is 22.0 Å². The molecule has 12 heteroatoms. The Morgan fingerprint density at radius 3 is 2.42 bits per heavy atom. The molecule has 1 spiro atoms. The number of hydrogen-bond acceptors (Lipinski definition) is 6. The Balaban J connectivity index is 1.27. The predicted octanol–water partition coefficient (Wildman–Crippen LogP) is 3.22. The molecule has 0 unspecified atom stereocenters. The third-order valence-electron chi connectivity index (χ3n) is 5.86. The molecule has 5 rings (SSSR count). The molecule has 2 fully saturated rings. The van der Waals surface area contributed by atoms with Gasteiger partial charge in [-0.05, 0) is 18.6 Å². The maximum Gasteiger partial charge on any atom is 0.417 e. The van der Waals surface area contributed by atoms with Crippen LogP contribution in [0.5, 0.6) is 0 Å². The predicted molar refractivity (Wildman–Crippen MR) is 102 cm³/mol. The zero-order valence-corrected chi connectivity index (χ0v) is 16.2. The monoisotopic (exact) mass is 439 g/mol. The molecule has 0 saturated carbocycles. The van der Waals surface area contributed by atoms with Gasteiger partial charge in [-0.15, -0.1) is 0 Å². The highest BCUT2D eigenvalue weighted by molar-refractivity contribution is 5.71. The normalized spacial score (nSPS) is 18.4. The van der Waals surface area contributed by atoms with Crippen molar-refractivity contribution in [2.24, 2.45) is 5.41 Å². The minimum Gasteiger partial charge on any atom is -0.355 e. The molecule has 2 saturated heterocycles. The maximum atomic E-state index is 12.8. The van der Waals surface area contributed by atoms with Crippen LogP contribution in [0.3, 0.4) is 0 Å². The first-order valence-electron chi connectivity index (χ1n) is 9.72. The zero-order chi connectivity index (χ0) is 21.8. The Hall–Kier alpha value is -3.05. The number of fused-ring (bicyclic) bond motifs is 1. The van der Waals surface area contributed by atoms with Gasteiger partial charge in [0.05, 0.1) is 18.0 Å². The van der Waals surface area contributed by atoms with Gasteiger partial charge in [-0.1, -0.05) is 0 Å². The summed E-state index contributed by atoms with van der Waals surface area (Å²) >= 11 is 0. The number of pyridine rings is 1. The van der Waals surface area contributed by atoms with Crippen molar-refractivity contribution in [2.75, 3.05) is 36.0 Å². The van der Waals surface area contributed by atoms with E-state index in [1.807, 2.05) is 4.90 Å². The summed E-state index contributed by atoms with van der Waals surface area (Å²) in [6.07, 6.45) is -2.16. The van der Waals surface area contributed by atoms with Crippen LogP contribution in [0.15, 0.2) is 30.7 Å². The standard InChI is InChI=1S/C19H18F5N7/c20-14(21)8-31-17-13(6-27-31)25-7-16(28-17)29-4-3-18(9-29)10-30(11-18)15-2-1-12(5-26-15)19(22,23)24/h1-2,5-7,14H,3-4,8-11H2. The van der Waals surface area contributed by atoms with Crippen LogP contribution >= 0.6 is 0 Å². The van der Waals surface area contributed by atoms with Gasteiger partial charge in [0.2, 0.25) is 0 Å². The van der Waals surface area contributed by atoms with Crippen LogP contribution in [0.4, 0.5) is 33.6 Å². The van der Waals surface area contributed by atoms with Crippen LogP contribution in [0.25, 0.3) is 11.2 Å². The lowest BCUT2D eigenvalue weighted by atomic mass is 9.79. The Kier molecular flexibility index (Phi) is 4.48. The number of hydrogen-bond donors (Lipinski definition) is 0. The fourth-order valence-corrected chi connectivity index (χ4v) is 4.31. The van der Waals surface area contributed by atoms with Crippen LogP contribution in [-0.2, 0) is 12.7 Å². The Labute approximate surface area is 173 Å². The van der Waals surface area contributed by atoms with Gasteiger partial charge in [-0.3, -0.25) is 0 Å². The molecule has 164 valence electrons. The molecule has 5 heterocycles. The Morgan fingerprint density at radius 1 is 0.968 bits per heavy atom. The highest BCUT2D eigenvalue weighted by atomic mass is 19.4. The van der Waals surface area contributed by atoms with Crippen LogP contribution in [-0.4, -0.2) is 57.3 Å². The molecular weight excluding hydrogens is 421 g/mol. The first-order chi connectivity index (χ1) is 14.7. The van der Waals surface area contributed by atoms with Crippen LogP contribution < -0.4 is 9.80 Å². The first kappa shape index (κ1) is 19.9. The Bertz CT molecular complexity index is 1090. The van der Waals surface area contributed by atoms with Gasteiger partial charge in [0.15, 0.2) is 5.65 Å². The van der Waals surface area contributed by atoms with E-state index in [9.17, 15) is 22.0 Å². The second kappa shape index (κ2) is 6.99. The summed E-state index contributed by atoms with van der Waals surface area (Å²) in [5.41, 5.74) is 0.00700. The van der Waals surface area contributed by atoms with Crippen LogP contribution in [0.1, 0.15) is 12.0 Å². The van der Waals surface area contributed by atoms with E-state index in [1.165, 1.54) is 12.3 Å². The van der Waals surface area contributed by atoms with Crippen molar-refractivity contribution in [1.29, 1.82) is 0 Å². The minimum absolute atomic E-state index is 0.00969. The fourth-order valence-electron chi connectivity index (χ4n) is 4.31. The average Bonchev–Trinajstić information content (AvgIpc) is 3.31. The van der Waals surface area contributed by atoms with Crippen molar-refractivity contribution in [2.45, 2.75) is 25.6 Å². The van der Waals surface area contributed by atoms with Crippen LogP contribution in [0.2, 0.25) is 0 Å². The van der Waals surface area contributed by atoms with E-state index in [4.69, 9.17) is 0 Å². The van der Waals surface area contributed by atoms with Crippen molar-refractivity contribution in [3.05, 3.63) is 36.3 Å². The number of halogens is 5. The SMILES string of the molecule is FC(F)Cn1ncc2ncc(N3CCC4(CN(c5ccc(C(F)(F)F)cn5)C4)C3)nc21. The molecular formula is C19H18F5N7. The molecule has 2 aliphatic heterocycles. The van der Waals surface area contributed by atoms with E-state index >= 15 is 0 Å². The lowest BCUT2D eigenvalue weighted by Gasteiger charge is -2.48. The van der Waals surface area contributed by atoms with E-state index in [0.29, 0.717) is 42.4 Å². The molecule has 0 aliphatic carbocycles. The lowest BCUT2D eigenvalue weighted by Crippen LogP contribution is -2.58. The van der Waals surface area contributed by atoms with Gasteiger partial charge < -0.3 is 9.80 Å². The fraction of sp³-hybridized carbons (Fsp3) is 0.474. The minimum atomic E-state index is -4.40. The topological polar surface area (TPSA) is 63.0 Å².